The molecule has 8 aromatic carbocycles. The molecule has 10 aromatic rings. The summed E-state index contributed by atoms with van der Waals surface area (Å²) in [7, 11) is 0. The number of fused-ring (bicyclic) bond motifs is 9. The zero-order chi connectivity index (χ0) is 28.8. The summed E-state index contributed by atoms with van der Waals surface area (Å²) in [6, 6.07) is 54.1. The van der Waals surface area contributed by atoms with E-state index in [-0.39, 0.29) is 0 Å². The van der Waals surface area contributed by atoms with Gasteiger partial charge in [0.25, 0.3) is 0 Å². The Bertz CT molecular complexity index is 2780. The van der Waals surface area contributed by atoms with Gasteiger partial charge in [0.05, 0.1) is 9.40 Å². The van der Waals surface area contributed by atoms with E-state index in [1.54, 1.807) is 0 Å². The highest BCUT2D eigenvalue weighted by atomic mass is 32.1. The van der Waals surface area contributed by atoms with Crippen LogP contribution in [-0.2, 0) is 0 Å². The second-order valence-electron chi connectivity index (χ2n) is 11.7. The maximum absolute atomic E-state index is 2.41. The molecule has 0 bridgehead atoms. The van der Waals surface area contributed by atoms with Crippen molar-refractivity contribution >= 4 is 95.3 Å². The van der Waals surface area contributed by atoms with Crippen molar-refractivity contribution in [3.05, 3.63) is 146 Å². The van der Waals surface area contributed by atoms with E-state index >= 15 is 0 Å². The van der Waals surface area contributed by atoms with Crippen LogP contribution in [0.2, 0.25) is 0 Å². The van der Waals surface area contributed by atoms with Gasteiger partial charge in [0, 0.05) is 20.2 Å². The topological polar surface area (TPSA) is 0 Å². The molecule has 0 atom stereocenters. The standard InChI is InChI=1S/C42H24S2/c1-2-8-26-19-30(15-13-25(26)7-1)33-17-18-34(36-12-6-5-11-35(33)36)31-16-14-29-22-38-40(24-32(29)20-31)44-41-37-21-27-9-3-4-10-28(27)23-39(37)43-42(38)41/h1-24H. The lowest BCUT2D eigenvalue weighted by molar-refractivity contribution is 1.66. The van der Waals surface area contributed by atoms with Crippen molar-refractivity contribution in [2.75, 3.05) is 0 Å². The molecular formula is C42H24S2. The fourth-order valence-corrected chi connectivity index (χ4v) is 9.71. The van der Waals surface area contributed by atoms with E-state index in [0.717, 1.165) is 0 Å². The Labute approximate surface area is 262 Å². The van der Waals surface area contributed by atoms with E-state index in [0.29, 0.717) is 0 Å². The summed E-state index contributed by atoms with van der Waals surface area (Å²) in [6.45, 7) is 0. The molecule has 0 nitrogen and oxygen atoms in total. The molecule has 2 aromatic heterocycles. The number of benzene rings is 8. The highest BCUT2D eigenvalue weighted by Crippen LogP contribution is 2.46. The summed E-state index contributed by atoms with van der Waals surface area (Å²) in [5.74, 6) is 0. The van der Waals surface area contributed by atoms with Gasteiger partial charge in [0.1, 0.15) is 0 Å². The number of hydrogen-bond donors (Lipinski definition) is 0. The van der Waals surface area contributed by atoms with Crippen LogP contribution in [0.1, 0.15) is 0 Å². The van der Waals surface area contributed by atoms with Crippen LogP contribution in [0.15, 0.2) is 146 Å². The van der Waals surface area contributed by atoms with Gasteiger partial charge < -0.3 is 0 Å². The SMILES string of the molecule is c1ccc2cc(-c3ccc(-c4ccc5cc6c(cc5c4)sc4c5cc7ccccc7cc5sc64)c4ccccc34)ccc2c1. The van der Waals surface area contributed by atoms with E-state index in [4.69, 9.17) is 0 Å². The maximum Gasteiger partial charge on any atom is 0.0542 e. The molecule has 2 heterocycles. The zero-order valence-electron chi connectivity index (χ0n) is 23.7. The van der Waals surface area contributed by atoms with Gasteiger partial charge in [0.15, 0.2) is 0 Å². The highest BCUT2D eigenvalue weighted by Gasteiger charge is 2.15. The minimum Gasteiger partial charge on any atom is -0.134 e. The van der Waals surface area contributed by atoms with E-state index in [1.165, 1.54) is 94.9 Å². The molecule has 0 N–H and O–H groups in total. The van der Waals surface area contributed by atoms with E-state index in [9.17, 15) is 0 Å². The molecule has 44 heavy (non-hydrogen) atoms. The van der Waals surface area contributed by atoms with Gasteiger partial charge in [-0.15, -0.1) is 22.7 Å². The predicted octanol–water partition coefficient (Wildman–Crippen LogP) is 13.2. The van der Waals surface area contributed by atoms with Crippen LogP contribution in [0, 0.1) is 0 Å². The Kier molecular flexibility index (Phi) is 5.13. The number of hydrogen-bond acceptors (Lipinski definition) is 2. The molecule has 10 rings (SSSR count). The largest absolute Gasteiger partial charge is 0.134 e. The van der Waals surface area contributed by atoms with Crippen molar-refractivity contribution in [3.8, 4) is 22.3 Å². The summed E-state index contributed by atoms with van der Waals surface area (Å²) in [6.07, 6.45) is 0. The Morgan fingerprint density at radius 3 is 1.34 bits per heavy atom. The normalized spacial score (nSPS) is 12.1. The van der Waals surface area contributed by atoms with Crippen molar-refractivity contribution in [3.63, 3.8) is 0 Å². The van der Waals surface area contributed by atoms with Crippen molar-refractivity contribution in [2.24, 2.45) is 0 Å². The fourth-order valence-electron chi connectivity index (χ4n) is 7.01. The van der Waals surface area contributed by atoms with E-state index in [2.05, 4.69) is 146 Å². The minimum absolute atomic E-state index is 1.26. The average molecular weight is 593 g/mol. The zero-order valence-corrected chi connectivity index (χ0v) is 25.3. The van der Waals surface area contributed by atoms with Crippen LogP contribution in [0.25, 0.3) is 94.9 Å². The lowest BCUT2D eigenvalue weighted by Crippen LogP contribution is -1.87. The second-order valence-corrected chi connectivity index (χ2v) is 13.8. The molecule has 0 aliphatic carbocycles. The summed E-state index contributed by atoms with van der Waals surface area (Å²) in [4.78, 5) is 0. The molecule has 0 aliphatic rings. The monoisotopic (exact) mass is 592 g/mol. The van der Waals surface area contributed by atoms with Gasteiger partial charge in [-0.05, 0) is 102 Å². The third-order valence-corrected chi connectivity index (χ3v) is 11.7. The van der Waals surface area contributed by atoms with Gasteiger partial charge in [-0.2, -0.15) is 0 Å². The maximum atomic E-state index is 2.41. The third-order valence-electron chi connectivity index (χ3n) is 9.20. The smallest absolute Gasteiger partial charge is 0.0542 e. The molecular weight excluding hydrogens is 569 g/mol. The molecule has 204 valence electrons. The van der Waals surface area contributed by atoms with Crippen molar-refractivity contribution in [2.45, 2.75) is 0 Å². The third kappa shape index (κ3) is 3.62. The van der Waals surface area contributed by atoms with Gasteiger partial charge >= 0.3 is 0 Å². The first kappa shape index (κ1) is 24.4. The molecule has 0 amide bonds. The Morgan fingerprint density at radius 2 is 0.727 bits per heavy atom. The van der Waals surface area contributed by atoms with Crippen LogP contribution < -0.4 is 0 Å². The Hall–Kier alpha value is -5.02. The second kappa shape index (κ2) is 9.24. The number of thiophene rings is 2. The van der Waals surface area contributed by atoms with Gasteiger partial charge in [-0.25, -0.2) is 0 Å². The summed E-state index contributed by atoms with van der Waals surface area (Å²) >= 11 is 3.87. The van der Waals surface area contributed by atoms with Crippen molar-refractivity contribution < 1.29 is 0 Å². The first-order valence-corrected chi connectivity index (χ1v) is 16.6. The summed E-state index contributed by atoms with van der Waals surface area (Å²) in [5, 5.41) is 13.1. The lowest BCUT2D eigenvalue weighted by atomic mass is 9.90. The molecule has 0 unspecified atom stereocenters. The Morgan fingerprint density at radius 1 is 0.295 bits per heavy atom. The summed E-state index contributed by atoms with van der Waals surface area (Å²) < 4.78 is 5.57. The molecule has 0 saturated carbocycles. The fraction of sp³-hybridized carbons (Fsp3) is 0. The first-order valence-electron chi connectivity index (χ1n) is 15.0. The number of rotatable bonds is 2. The van der Waals surface area contributed by atoms with Crippen LogP contribution in [-0.4, -0.2) is 0 Å². The molecule has 2 heteroatoms. The molecule has 0 radical (unpaired) electrons. The van der Waals surface area contributed by atoms with E-state index in [1.807, 2.05) is 22.7 Å². The van der Waals surface area contributed by atoms with Crippen LogP contribution in [0.4, 0.5) is 0 Å². The van der Waals surface area contributed by atoms with Crippen LogP contribution in [0.3, 0.4) is 0 Å². The first-order chi connectivity index (χ1) is 21.8. The Balaban J connectivity index is 1.13. The van der Waals surface area contributed by atoms with Crippen molar-refractivity contribution in [1.82, 2.24) is 0 Å². The summed E-state index contributed by atoms with van der Waals surface area (Å²) in [5.41, 5.74) is 5.06. The molecule has 0 saturated heterocycles. The molecule has 0 fully saturated rings. The average Bonchev–Trinajstić information content (AvgIpc) is 3.60. The van der Waals surface area contributed by atoms with Crippen LogP contribution in [0.5, 0.6) is 0 Å². The van der Waals surface area contributed by atoms with Gasteiger partial charge in [-0.3, -0.25) is 0 Å². The minimum atomic E-state index is 1.26. The van der Waals surface area contributed by atoms with Crippen molar-refractivity contribution in [1.29, 1.82) is 0 Å². The molecule has 0 aliphatic heterocycles. The van der Waals surface area contributed by atoms with Crippen LogP contribution >= 0.6 is 22.7 Å². The quantitative estimate of drug-likeness (QED) is 0.187. The highest BCUT2D eigenvalue weighted by molar-refractivity contribution is 7.36. The predicted molar refractivity (Wildman–Crippen MR) is 196 cm³/mol. The lowest BCUT2D eigenvalue weighted by Gasteiger charge is -2.13. The van der Waals surface area contributed by atoms with Gasteiger partial charge in [-0.1, -0.05) is 109 Å². The molecule has 0 spiro atoms. The van der Waals surface area contributed by atoms with Gasteiger partial charge in [0.2, 0.25) is 0 Å². The van der Waals surface area contributed by atoms with E-state index < -0.39 is 0 Å².